The van der Waals surface area contributed by atoms with Gasteiger partial charge in [-0.05, 0) is 43.8 Å². The molecule has 1 N–H and O–H groups in total. The topological polar surface area (TPSA) is 32.3 Å². The Hall–Kier alpha value is -2.20. The molecule has 3 nitrogen and oxygen atoms in total. The zero-order valence-corrected chi connectivity index (χ0v) is 13.6. The standard InChI is InChI=1S/C19H23FN2O/c1-22(2)18(16-6-4-3-5-7-16)14-21-19(23)13-10-15-8-11-17(20)12-9-15/h3-9,11-12,18H,10,13-14H2,1-2H3,(H,21,23). The number of rotatable bonds is 7. The number of aryl methyl sites for hydroxylation is 1. The van der Waals surface area contributed by atoms with Gasteiger partial charge in [0.1, 0.15) is 5.82 Å². The van der Waals surface area contributed by atoms with Crippen molar-refractivity contribution in [2.75, 3.05) is 20.6 Å². The number of nitrogens with zero attached hydrogens (tertiary/aromatic N) is 1. The SMILES string of the molecule is CN(C)C(CNC(=O)CCc1ccc(F)cc1)c1ccccc1. The van der Waals surface area contributed by atoms with Crippen LogP contribution < -0.4 is 5.32 Å². The van der Waals surface area contributed by atoms with Gasteiger partial charge in [0.05, 0.1) is 6.04 Å². The number of hydrogen-bond donors (Lipinski definition) is 1. The van der Waals surface area contributed by atoms with Gasteiger partial charge in [0.2, 0.25) is 5.91 Å². The molecule has 2 rings (SSSR count). The van der Waals surface area contributed by atoms with Crippen LogP contribution in [0.5, 0.6) is 0 Å². The van der Waals surface area contributed by atoms with E-state index >= 15 is 0 Å². The molecule has 0 aliphatic heterocycles. The Bertz CT molecular complexity index is 611. The van der Waals surface area contributed by atoms with Gasteiger partial charge in [-0.15, -0.1) is 0 Å². The lowest BCUT2D eigenvalue weighted by molar-refractivity contribution is -0.121. The highest BCUT2D eigenvalue weighted by Crippen LogP contribution is 2.16. The van der Waals surface area contributed by atoms with E-state index in [1.807, 2.05) is 32.3 Å². The van der Waals surface area contributed by atoms with Crippen molar-refractivity contribution in [3.05, 3.63) is 71.5 Å². The van der Waals surface area contributed by atoms with Crippen LogP contribution in [-0.2, 0) is 11.2 Å². The predicted molar refractivity (Wildman–Crippen MR) is 90.6 cm³/mol. The van der Waals surface area contributed by atoms with Crippen LogP contribution in [0.4, 0.5) is 4.39 Å². The summed E-state index contributed by atoms with van der Waals surface area (Å²) >= 11 is 0. The molecule has 0 saturated heterocycles. The van der Waals surface area contributed by atoms with Crippen molar-refractivity contribution >= 4 is 5.91 Å². The number of carbonyl (C=O) groups excluding carboxylic acids is 1. The van der Waals surface area contributed by atoms with Gasteiger partial charge in [0, 0.05) is 13.0 Å². The molecule has 0 fully saturated rings. The fourth-order valence-corrected chi connectivity index (χ4v) is 2.48. The van der Waals surface area contributed by atoms with Gasteiger partial charge in [-0.3, -0.25) is 4.79 Å². The third kappa shape index (κ3) is 5.49. The maximum Gasteiger partial charge on any atom is 0.220 e. The first-order chi connectivity index (χ1) is 11.1. The minimum atomic E-state index is -0.255. The summed E-state index contributed by atoms with van der Waals surface area (Å²) in [4.78, 5) is 14.1. The Labute approximate surface area is 137 Å². The molecule has 2 aromatic carbocycles. The van der Waals surface area contributed by atoms with E-state index in [0.717, 1.165) is 5.56 Å². The molecule has 23 heavy (non-hydrogen) atoms. The molecule has 1 amide bonds. The van der Waals surface area contributed by atoms with E-state index in [-0.39, 0.29) is 17.8 Å². The maximum atomic E-state index is 12.8. The van der Waals surface area contributed by atoms with Crippen LogP contribution >= 0.6 is 0 Å². The molecule has 0 radical (unpaired) electrons. The van der Waals surface area contributed by atoms with Crippen molar-refractivity contribution in [1.82, 2.24) is 10.2 Å². The molecule has 0 bridgehead atoms. The zero-order valence-electron chi connectivity index (χ0n) is 13.6. The fourth-order valence-electron chi connectivity index (χ4n) is 2.48. The fraction of sp³-hybridized carbons (Fsp3) is 0.316. The highest BCUT2D eigenvalue weighted by Gasteiger charge is 2.14. The molecule has 0 heterocycles. The van der Waals surface area contributed by atoms with E-state index in [2.05, 4.69) is 22.3 Å². The molecule has 0 aromatic heterocycles. The van der Waals surface area contributed by atoms with E-state index in [9.17, 15) is 9.18 Å². The minimum absolute atomic E-state index is 0.0112. The van der Waals surface area contributed by atoms with Crippen molar-refractivity contribution in [2.24, 2.45) is 0 Å². The summed E-state index contributed by atoms with van der Waals surface area (Å²) in [6.07, 6.45) is 1.02. The van der Waals surface area contributed by atoms with E-state index in [1.165, 1.54) is 17.7 Å². The van der Waals surface area contributed by atoms with Gasteiger partial charge in [-0.25, -0.2) is 4.39 Å². The number of halogens is 1. The van der Waals surface area contributed by atoms with Crippen molar-refractivity contribution in [3.8, 4) is 0 Å². The van der Waals surface area contributed by atoms with Crippen molar-refractivity contribution in [2.45, 2.75) is 18.9 Å². The Kier molecular flexibility index (Phi) is 6.29. The van der Waals surface area contributed by atoms with Crippen molar-refractivity contribution in [1.29, 1.82) is 0 Å². The molecule has 2 aromatic rings. The molecular formula is C19H23FN2O. The predicted octanol–water partition coefficient (Wildman–Crippen LogP) is 3.18. The average molecular weight is 314 g/mol. The van der Waals surface area contributed by atoms with E-state index in [1.54, 1.807) is 12.1 Å². The summed E-state index contributed by atoms with van der Waals surface area (Å²) in [6.45, 7) is 0.569. The normalized spacial score (nSPS) is 12.2. The van der Waals surface area contributed by atoms with E-state index in [4.69, 9.17) is 0 Å². The minimum Gasteiger partial charge on any atom is -0.354 e. The van der Waals surface area contributed by atoms with Crippen LogP contribution in [0.15, 0.2) is 54.6 Å². The number of benzene rings is 2. The Morgan fingerprint density at radius 2 is 1.74 bits per heavy atom. The van der Waals surface area contributed by atoms with Gasteiger partial charge in [0.15, 0.2) is 0 Å². The Balaban J connectivity index is 1.83. The molecule has 1 atom stereocenters. The summed E-state index contributed by atoms with van der Waals surface area (Å²) in [5.41, 5.74) is 2.14. The molecular weight excluding hydrogens is 291 g/mol. The second kappa shape index (κ2) is 8.44. The number of hydrogen-bond acceptors (Lipinski definition) is 2. The monoisotopic (exact) mass is 314 g/mol. The van der Waals surface area contributed by atoms with Crippen LogP contribution in [0.2, 0.25) is 0 Å². The van der Waals surface area contributed by atoms with Gasteiger partial charge in [-0.1, -0.05) is 42.5 Å². The first kappa shape index (κ1) is 17.2. The van der Waals surface area contributed by atoms with Crippen LogP contribution in [0, 0.1) is 5.82 Å². The van der Waals surface area contributed by atoms with Crippen LogP contribution in [0.1, 0.15) is 23.6 Å². The lowest BCUT2D eigenvalue weighted by Gasteiger charge is -2.25. The second-order valence-corrected chi connectivity index (χ2v) is 5.82. The first-order valence-electron chi connectivity index (χ1n) is 7.79. The molecule has 0 spiro atoms. The number of amides is 1. The molecule has 1 unspecified atom stereocenters. The largest absolute Gasteiger partial charge is 0.354 e. The summed E-state index contributed by atoms with van der Waals surface area (Å²) < 4.78 is 12.8. The lowest BCUT2D eigenvalue weighted by Crippen LogP contribution is -2.34. The molecule has 4 heteroatoms. The lowest BCUT2D eigenvalue weighted by atomic mass is 10.1. The highest BCUT2D eigenvalue weighted by atomic mass is 19.1. The summed E-state index contributed by atoms with van der Waals surface area (Å²) in [7, 11) is 4.00. The molecule has 0 aliphatic carbocycles. The number of nitrogens with one attached hydrogen (secondary N) is 1. The number of carbonyl (C=O) groups is 1. The van der Waals surface area contributed by atoms with Crippen LogP contribution in [-0.4, -0.2) is 31.4 Å². The smallest absolute Gasteiger partial charge is 0.220 e. The summed E-state index contributed by atoms with van der Waals surface area (Å²) in [6, 6.07) is 16.5. The van der Waals surface area contributed by atoms with E-state index in [0.29, 0.717) is 19.4 Å². The molecule has 122 valence electrons. The molecule has 0 saturated carbocycles. The third-order valence-electron chi connectivity index (χ3n) is 3.85. The molecule has 0 aliphatic rings. The number of likely N-dealkylation sites (N-methyl/N-ethyl adjacent to an activating group) is 1. The quantitative estimate of drug-likeness (QED) is 0.851. The van der Waals surface area contributed by atoms with Gasteiger partial charge < -0.3 is 10.2 Å². The van der Waals surface area contributed by atoms with Gasteiger partial charge in [-0.2, -0.15) is 0 Å². The summed E-state index contributed by atoms with van der Waals surface area (Å²) in [5, 5.41) is 2.99. The first-order valence-corrected chi connectivity index (χ1v) is 7.79. The zero-order chi connectivity index (χ0) is 16.7. The highest BCUT2D eigenvalue weighted by molar-refractivity contribution is 5.76. The van der Waals surface area contributed by atoms with Crippen molar-refractivity contribution in [3.63, 3.8) is 0 Å². The summed E-state index contributed by atoms with van der Waals surface area (Å²) in [5.74, 6) is -0.244. The van der Waals surface area contributed by atoms with Gasteiger partial charge in [0.25, 0.3) is 0 Å². The second-order valence-electron chi connectivity index (χ2n) is 5.82. The average Bonchev–Trinajstić information content (AvgIpc) is 2.55. The van der Waals surface area contributed by atoms with Crippen molar-refractivity contribution < 1.29 is 9.18 Å². The third-order valence-corrected chi connectivity index (χ3v) is 3.85. The van der Waals surface area contributed by atoms with E-state index < -0.39 is 0 Å². The van der Waals surface area contributed by atoms with Gasteiger partial charge >= 0.3 is 0 Å². The Morgan fingerprint density at radius 3 is 2.35 bits per heavy atom. The maximum absolute atomic E-state index is 12.8. The van der Waals surface area contributed by atoms with Crippen LogP contribution in [0.3, 0.4) is 0 Å². The van der Waals surface area contributed by atoms with Crippen LogP contribution in [0.25, 0.3) is 0 Å². The Morgan fingerprint density at radius 1 is 1.09 bits per heavy atom.